The molecule has 1 N–H and O–H groups in total. The highest BCUT2D eigenvalue weighted by Crippen LogP contribution is 2.28. The molecular formula is C19H18Cl2N4O4S2. The Bertz CT molecular complexity index is 1090. The van der Waals surface area contributed by atoms with Gasteiger partial charge in [0.1, 0.15) is 17.4 Å². The number of carbonyl (C=O) groups is 2. The summed E-state index contributed by atoms with van der Waals surface area (Å²) in [4.78, 5) is 24.1. The van der Waals surface area contributed by atoms with Crippen LogP contribution >= 0.6 is 46.3 Å². The third-order valence-electron chi connectivity index (χ3n) is 4.02. The molecule has 0 bridgehead atoms. The zero-order valence-corrected chi connectivity index (χ0v) is 19.7. The van der Waals surface area contributed by atoms with Crippen LogP contribution in [0.3, 0.4) is 0 Å². The Morgan fingerprint density at radius 1 is 1.26 bits per heavy atom. The van der Waals surface area contributed by atoms with Crippen molar-refractivity contribution in [2.45, 2.75) is 25.2 Å². The summed E-state index contributed by atoms with van der Waals surface area (Å²) in [5, 5.41) is 14.7. The highest BCUT2D eigenvalue weighted by Gasteiger charge is 2.17. The van der Waals surface area contributed by atoms with E-state index >= 15 is 0 Å². The van der Waals surface area contributed by atoms with Gasteiger partial charge in [-0.15, -0.1) is 21.5 Å². The Kier molecular flexibility index (Phi) is 8.19. The number of hydrogen-bond acceptors (Lipinski definition) is 8. The van der Waals surface area contributed by atoms with Crippen LogP contribution in [0.2, 0.25) is 10.0 Å². The van der Waals surface area contributed by atoms with Crippen molar-refractivity contribution < 1.29 is 19.1 Å². The average Bonchev–Trinajstić information content (AvgIpc) is 3.37. The van der Waals surface area contributed by atoms with Gasteiger partial charge in [0.05, 0.1) is 23.4 Å². The SMILES string of the molecule is CCn1c(COc2ccc(Cl)cc2Cl)nnc1SCC(=O)Nc1sccc1C(=O)OC. The number of thiophene rings is 1. The molecule has 1 aromatic carbocycles. The maximum absolute atomic E-state index is 12.3. The van der Waals surface area contributed by atoms with Gasteiger partial charge >= 0.3 is 5.97 Å². The van der Waals surface area contributed by atoms with E-state index in [1.54, 1.807) is 29.6 Å². The second-order valence-corrected chi connectivity index (χ2v) is 8.70. The summed E-state index contributed by atoms with van der Waals surface area (Å²) < 4.78 is 12.3. The number of amides is 1. The summed E-state index contributed by atoms with van der Waals surface area (Å²) in [6.45, 7) is 2.70. The summed E-state index contributed by atoms with van der Waals surface area (Å²) >= 11 is 14.5. The Morgan fingerprint density at radius 2 is 2.06 bits per heavy atom. The lowest BCUT2D eigenvalue weighted by Crippen LogP contribution is -2.16. The molecule has 0 saturated heterocycles. The predicted octanol–water partition coefficient (Wildman–Crippen LogP) is 4.76. The van der Waals surface area contributed by atoms with Gasteiger partial charge in [0.2, 0.25) is 5.91 Å². The van der Waals surface area contributed by atoms with E-state index in [2.05, 4.69) is 15.5 Å². The molecule has 0 fully saturated rings. The van der Waals surface area contributed by atoms with E-state index in [9.17, 15) is 9.59 Å². The maximum Gasteiger partial charge on any atom is 0.340 e. The molecule has 164 valence electrons. The first-order valence-corrected chi connectivity index (χ1v) is 11.6. The molecule has 8 nitrogen and oxygen atoms in total. The standard InChI is InChI=1S/C19H18Cl2N4O4S2/c1-3-25-15(9-29-14-5-4-11(20)8-13(14)21)23-24-19(25)31-10-16(26)22-17-12(6-7-30-17)18(27)28-2/h4-8H,3,9-10H2,1-2H3,(H,22,26). The van der Waals surface area contributed by atoms with Gasteiger partial charge in [-0.3, -0.25) is 4.79 Å². The van der Waals surface area contributed by atoms with Crippen molar-refractivity contribution in [3.63, 3.8) is 0 Å². The molecule has 2 aromatic heterocycles. The first-order valence-electron chi connectivity index (χ1n) is 9.01. The van der Waals surface area contributed by atoms with Crippen molar-refractivity contribution in [2.24, 2.45) is 0 Å². The molecule has 0 radical (unpaired) electrons. The Labute approximate surface area is 196 Å². The first-order chi connectivity index (χ1) is 14.9. The number of thioether (sulfide) groups is 1. The van der Waals surface area contributed by atoms with Gasteiger partial charge in [0.25, 0.3) is 0 Å². The van der Waals surface area contributed by atoms with Crippen LogP contribution in [0, 0.1) is 0 Å². The van der Waals surface area contributed by atoms with Crippen LogP contribution in [-0.2, 0) is 22.7 Å². The number of esters is 1. The highest BCUT2D eigenvalue weighted by atomic mass is 35.5. The Hall–Kier alpha value is -2.27. The molecule has 1 amide bonds. The molecule has 0 aliphatic rings. The van der Waals surface area contributed by atoms with Crippen LogP contribution < -0.4 is 10.1 Å². The molecule has 0 aliphatic carbocycles. The Balaban J connectivity index is 1.60. The van der Waals surface area contributed by atoms with E-state index in [1.165, 1.54) is 30.2 Å². The van der Waals surface area contributed by atoms with Crippen LogP contribution in [0.25, 0.3) is 0 Å². The number of nitrogens with zero attached hydrogens (tertiary/aromatic N) is 3. The number of hydrogen-bond donors (Lipinski definition) is 1. The lowest BCUT2D eigenvalue weighted by Gasteiger charge is -2.10. The van der Waals surface area contributed by atoms with Crippen molar-refractivity contribution in [1.82, 2.24) is 14.8 Å². The number of rotatable bonds is 9. The first kappa shape index (κ1) is 23.4. The molecule has 0 saturated carbocycles. The quantitative estimate of drug-likeness (QED) is 0.334. The molecular weight excluding hydrogens is 483 g/mol. The zero-order chi connectivity index (χ0) is 22.4. The number of aromatic nitrogens is 3. The highest BCUT2D eigenvalue weighted by molar-refractivity contribution is 7.99. The van der Waals surface area contributed by atoms with Crippen molar-refractivity contribution in [1.29, 1.82) is 0 Å². The van der Waals surface area contributed by atoms with Gasteiger partial charge < -0.3 is 19.4 Å². The molecule has 31 heavy (non-hydrogen) atoms. The monoisotopic (exact) mass is 500 g/mol. The van der Waals surface area contributed by atoms with Gasteiger partial charge in [0, 0.05) is 11.6 Å². The summed E-state index contributed by atoms with van der Waals surface area (Å²) in [6.07, 6.45) is 0. The van der Waals surface area contributed by atoms with Gasteiger partial charge in [-0.05, 0) is 36.6 Å². The topological polar surface area (TPSA) is 95.3 Å². The van der Waals surface area contributed by atoms with Crippen LogP contribution in [0.15, 0.2) is 34.8 Å². The Morgan fingerprint density at radius 3 is 2.77 bits per heavy atom. The van der Waals surface area contributed by atoms with E-state index < -0.39 is 5.97 Å². The fourth-order valence-corrected chi connectivity index (χ4v) is 4.63. The number of ether oxygens (including phenoxy) is 2. The van der Waals surface area contributed by atoms with Gasteiger partial charge in [-0.2, -0.15) is 0 Å². The number of carbonyl (C=O) groups excluding carboxylic acids is 2. The van der Waals surface area contributed by atoms with E-state index in [0.717, 1.165) is 0 Å². The lowest BCUT2D eigenvalue weighted by atomic mass is 10.3. The van der Waals surface area contributed by atoms with Crippen LogP contribution in [-0.4, -0.2) is 39.5 Å². The third-order valence-corrected chi connectivity index (χ3v) is 6.34. The fourth-order valence-electron chi connectivity index (χ4n) is 2.55. The summed E-state index contributed by atoms with van der Waals surface area (Å²) in [7, 11) is 1.29. The van der Waals surface area contributed by atoms with Gasteiger partial charge in [0.15, 0.2) is 11.0 Å². The number of methoxy groups -OCH3 is 1. The fraction of sp³-hybridized carbons (Fsp3) is 0.263. The summed E-state index contributed by atoms with van der Waals surface area (Å²) in [6, 6.07) is 6.57. The van der Waals surface area contributed by atoms with Crippen LogP contribution in [0.1, 0.15) is 23.1 Å². The molecule has 0 atom stereocenters. The number of benzene rings is 1. The molecule has 2 heterocycles. The van der Waals surface area contributed by atoms with E-state index in [1.807, 2.05) is 11.5 Å². The smallest absolute Gasteiger partial charge is 0.340 e. The molecule has 3 rings (SSSR count). The van der Waals surface area contributed by atoms with Gasteiger partial charge in [-0.1, -0.05) is 35.0 Å². The number of nitrogens with one attached hydrogen (secondary N) is 1. The third kappa shape index (κ3) is 5.91. The van der Waals surface area contributed by atoms with Crippen molar-refractivity contribution in [3.8, 4) is 5.75 Å². The molecule has 3 aromatic rings. The maximum atomic E-state index is 12.3. The van der Waals surface area contributed by atoms with Crippen molar-refractivity contribution in [3.05, 3.63) is 51.1 Å². The van der Waals surface area contributed by atoms with Crippen molar-refractivity contribution in [2.75, 3.05) is 18.2 Å². The summed E-state index contributed by atoms with van der Waals surface area (Å²) in [5.41, 5.74) is 0.322. The van der Waals surface area contributed by atoms with E-state index in [4.69, 9.17) is 32.7 Å². The number of anilines is 1. The van der Waals surface area contributed by atoms with E-state index in [0.29, 0.717) is 43.9 Å². The lowest BCUT2D eigenvalue weighted by molar-refractivity contribution is -0.113. The largest absolute Gasteiger partial charge is 0.484 e. The molecule has 0 unspecified atom stereocenters. The van der Waals surface area contributed by atoms with E-state index in [-0.39, 0.29) is 18.3 Å². The average molecular weight is 501 g/mol. The number of halogens is 2. The van der Waals surface area contributed by atoms with Crippen LogP contribution in [0.4, 0.5) is 5.00 Å². The molecule has 0 aliphatic heterocycles. The van der Waals surface area contributed by atoms with Crippen LogP contribution in [0.5, 0.6) is 5.75 Å². The molecule has 12 heteroatoms. The second-order valence-electron chi connectivity index (χ2n) is 6.00. The minimum absolute atomic E-state index is 0.0977. The normalized spacial score (nSPS) is 10.7. The van der Waals surface area contributed by atoms with Gasteiger partial charge in [-0.25, -0.2) is 4.79 Å². The second kappa shape index (κ2) is 10.9. The minimum atomic E-state index is -0.500. The minimum Gasteiger partial charge on any atom is -0.484 e. The summed E-state index contributed by atoms with van der Waals surface area (Å²) in [5.74, 6) is 0.417. The predicted molar refractivity (Wildman–Crippen MR) is 122 cm³/mol. The zero-order valence-electron chi connectivity index (χ0n) is 16.6. The van der Waals surface area contributed by atoms with Crippen molar-refractivity contribution >= 4 is 63.2 Å². The molecule has 0 spiro atoms.